The molecule has 0 aliphatic heterocycles. The highest BCUT2D eigenvalue weighted by molar-refractivity contribution is 6.31. The molecular weight excluding hydrogens is 553 g/mol. The Hall–Kier alpha value is -3.54. The van der Waals surface area contributed by atoms with E-state index in [4.69, 9.17) is 26.2 Å². The van der Waals surface area contributed by atoms with Crippen LogP contribution >= 0.6 is 11.6 Å². The molecule has 0 saturated carbocycles. The molecule has 1 aromatic heterocycles. The molecule has 2 amide bonds. The number of benzene rings is 1. The second-order valence-electron chi connectivity index (χ2n) is 9.62. The number of nitrogens with one attached hydrogen (secondary N) is 2. The average molecular weight is 589 g/mol. The fourth-order valence-electron chi connectivity index (χ4n) is 3.11. The summed E-state index contributed by atoms with van der Waals surface area (Å²) in [5.74, 6) is -2.49. The van der Waals surface area contributed by atoms with Crippen LogP contribution in [-0.2, 0) is 9.59 Å². The minimum absolute atomic E-state index is 0.0719. The van der Waals surface area contributed by atoms with Gasteiger partial charge in [0, 0.05) is 59.8 Å². The van der Waals surface area contributed by atoms with Crippen molar-refractivity contribution in [3.8, 4) is 5.75 Å². The molecule has 0 aliphatic carbocycles. The lowest BCUT2D eigenvalue weighted by atomic mass is 10.0. The molecule has 2 aromatic rings. The van der Waals surface area contributed by atoms with Gasteiger partial charge in [0.1, 0.15) is 12.4 Å². The number of carbonyl (C=O) groups is 3. The first-order valence-corrected chi connectivity index (χ1v) is 12.9. The van der Waals surface area contributed by atoms with Crippen molar-refractivity contribution in [2.75, 3.05) is 25.0 Å². The summed E-state index contributed by atoms with van der Waals surface area (Å²) in [5, 5.41) is 13.8. The van der Waals surface area contributed by atoms with Gasteiger partial charge in [0.05, 0.1) is 0 Å². The van der Waals surface area contributed by atoms with Gasteiger partial charge in [0.2, 0.25) is 5.91 Å². The number of carboxylic acid groups (broad SMARTS) is 1. The number of halogens is 4. The first kappa shape index (κ1) is 34.5. The number of nitrogens with zero attached hydrogens (tertiary/aromatic N) is 2. The Bertz CT molecular complexity index is 1120. The predicted octanol–water partition coefficient (Wildman–Crippen LogP) is 5.40. The molecule has 0 atom stereocenters. The zero-order chi connectivity index (χ0) is 30.5. The van der Waals surface area contributed by atoms with Gasteiger partial charge < -0.3 is 25.4 Å². The van der Waals surface area contributed by atoms with Gasteiger partial charge in [-0.3, -0.25) is 14.6 Å². The number of carboxylic acids is 1. The number of aliphatic carboxylic acids is 1. The molecule has 1 aromatic carbocycles. The highest BCUT2D eigenvalue weighted by Gasteiger charge is 2.38. The van der Waals surface area contributed by atoms with Crippen molar-refractivity contribution in [2.45, 2.75) is 65.2 Å². The quantitative estimate of drug-likeness (QED) is 0.284. The van der Waals surface area contributed by atoms with Crippen LogP contribution in [0.3, 0.4) is 0 Å². The topological polar surface area (TPSA) is 121 Å². The van der Waals surface area contributed by atoms with E-state index in [-0.39, 0.29) is 29.8 Å². The van der Waals surface area contributed by atoms with Crippen molar-refractivity contribution in [1.82, 2.24) is 15.2 Å². The number of carbonyl (C=O) groups excluding carboxylic acids is 2. The molecule has 1 heterocycles. The summed E-state index contributed by atoms with van der Waals surface area (Å²) in [6.45, 7) is 11.2. The van der Waals surface area contributed by atoms with E-state index in [2.05, 4.69) is 15.6 Å². The zero-order valence-electron chi connectivity index (χ0n) is 23.1. The van der Waals surface area contributed by atoms with E-state index in [1.54, 1.807) is 35.5 Å². The van der Waals surface area contributed by atoms with Gasteiger partial charge >= 0.3 is 12.1 Å². The van der Waals surface area contributed by atoms with Crippen LogP contribution < -0.4 is 15.4 Å². The molecule has 0 fully saturated rings. The molecule has 0 bridgehead atoms. The van der Waals surface area contributed by atoms with Gasteiger partial charge in [-0.2, -0.15) is 13.2 Å². The molecule has 13 heteroatoms. The molecule has 222 valence electrons. The Kier molecular flexibility index (Phi) is 13.7. The molecule has 2 rings (SSSR count). The van der Waals surface area contributed by atoms with E-state index >= 15 is 0 Å². The monoisotopic (exact) mass is 588 g/mol. The van der Waals surface area contributed by atoms with Crippen LogP contribution in [-0.4, -0.2) is 70.2 Å². The number of anilines is 1. The average Bonchev–Trinajstić information content (AvgIpc) is 2.86. The highest BCUT2D eigenvalue weighted by atomic mass is 35.5. The number of hydrogen-bond donors (Lipinski definition) is 3. The fraction of sp³-hybridized carbons (Fsp3) is 0.481. The molecule has 0 spiro atoms. The summed E-state index contributed by atoms with van der Waals surface area (Å²) >= 11 is 6.27. The number of pyridine rings is 1. The molecule has 40 heavy (non-hydrogen) atoms. The number of aromatic nitrogens is 1. The van der Waals surface area contributed by atoms with Crippen molar-refractivity contribution in [2.24, 2.45) is 0 Å². The molecule has 0 unspecified atom stereocenters. The van der Waals surface area contributed by atoms with E-state index in [1.165, 1.54) is 0 Å². The van der Waals surface area contributed by atoms with Gasteiger partial charge in [-0.1, -0.05) is 18.5 Å². The van der Waals surface area contributed by atoms with E-state index in [0.29, 0.717) is 36.0 Å². The predicted molar refractivity (Wildman–Crippen MR) is 147 cm³/mol. The van der Waals surface area contributed by atoms with Gasteiger partial charge in [0.15, 0.2) is 0 Å². The van der Waals surface area contributed by atoms with Gasteiger partial charge in [0.25, 0.3) is 5.91 Å². The lowest BCUT2D eigenvalue weighted by molar-refractivity contribution is -0.192. The second kappa shape index (κ2) is 15.9. The Morgan fingerprint density at radius 3 is 2.25 bits per heavy atom. The summed E-state index contributed by atoms with van der Waals surface area (Å²) in [6, 6.07) is 8.68. The molecule has 9 nitrogen and oxygen atoms in total. The van der Waals surface area contributed by atoms with Crippen LogP contribution in [0.5, 0.6) is 5.75 Å². The maximum absolute atomic E-state index is 13.2. The van der Waals surface area contributed by atoms with Crippen LogP contribution in [0.15, 0.2) is 42.7 Å². The first-order valence-electron chi connectivity index (χ1n) is 12.5. The molecule has 0 radical (unpaired) electrons. The third kappa shape index (κ3) is 13.0. The van der Waals surface area contributed by atoms with Crippen molar-refractivity contribution < 1.29 is 37.4 Å². The summed E-state index contributed by atoms with van der Waals surface area (Å²) in [7, 11) is 0. The van der Waals surface area contributed by atoms with Crippen LogP contribution in [0.4, 0.5) is 18.9 Å². The van der Waals surface area contributed by atoms with Crippen molar-refractivity contribution in [3.05, 3.63) is 53.3 Å². The maximum atomic E-state index is 13.2. The van der Waals surface area contributed by atoms with Crippen LogP contribution in [0, 0.1) is 0 Å². The highest BCUT2D eigenvalue weighted by Crippen LogP contribution is 2.23. The van der Waals surface area contributed by atoms with Crippen molar-refractivity contribution >= 4 is 35.1 Å². The third-order valence-electron chi connectivity index (χ3n) is 5.57. The Balaban J connectivity index is 0.00000101. The van der Waals surface area contributed by atoms with Gasteiger partial charge in [-0.05, 0) is 64.4 Å². The summed E-state index contributed by atoms with van der Waals surface area (Å²) < 4.78 is 37.5. The van der Waals surface area contributed by atoms with Gasteiger partial charge in [-0.15, -0.1) is 0 Å². The van der Waals surface area contributed by atoms with E-state index in [0.717, 1.165) is 12.1 Å². The zero-order valence-corrected chi connectivity index (χ0v) is 23.9. The second-order valence-corrected chi connectivity index (χ2v) is 10.1. The molecule has 0 saturated heterocycles. The summed E-state index contributed by atoms with van der Waals surface area (Å²) in [6.07, 6.45) is -0.591. The van der Waals surface area contributed by atoms with Crippen LogP contribution in [0.2, 0.25) is 5.02 Å². The Morgan fingerprint density at radius 2 is 1.73 bits per heavy atom. The number of amides is 2. The third-order valence-corrected chi connectivity index (χ3v) is 5.78. The molecule has 0 aliphatic rings. The van der Waals surface area contributed by atoms with E-state index in [9.17, 15) is 22.8 Å². The standard InChI is InChI=1S/C25H35ClN4O3.C2HF3O2/c1-6-25(4,5)29-23(31)9-13-30(18(2)3)24(32)19-15-20(26)17-22(16-19)33-14-12-28-21-7-10-27-11-8-21;3-2(4,5)1(6)7/h7-8,10-11,15-18H,6,9,12-14H2,1-5H3,(H,27,28)(H,29,31);(H,6,7). The van der Waals surface area contributed by atoms with Crippen molar-refractivity contribution in [3.63, 3.8) is 0 Å². The Morgan fingerprint density at radius 1 is 1.12 bits per heavy atom. The number of ether oxygens (including phenoxy) is 1. The fourth-order valence-corrected chi connectivity index (χ4v) is 3.34. The molecule has 3 N–H and O–H groups in total. The largest absolute Gasteiger partial charge is 0.492 e. The SMILES string of the molecule is CCC(C)(C)NC(=O)CCN(C(=O)c1cc(Cl)cc(OCCNc2ccncc2)c1)C(C)C.O=C(O)C(F)(F)F. The van der Waals surface area contributed by atoms with Crippen LogP contribution in [0.25, 0.3) is 0 Å². The van der Waals surface area contributed by atoms with E-state index in [1.807, 2.05) is 46.8 Å². The number of rotatable bonds is 12. The Labute approximate surface area is 237 Å². The molecular formula is C27H36ClF3N4O5. The summed E-state index contributed by atoms with van der Waals surface area (Å²) in [4.78, 5) is 40.1. The van der Waals surface area contributed by atoms with Crippen LogP contribution in [0.1, 0.15) is 57.8 Å². The summed E-state index contributed by atoms with van der Waals surface area (Å²) in [5.41, 5.74) is 1.12. The lowest BCUT2D eigenvalue weighted by Crippen LogP contribution is -2.45. The minimum Gasteiger partial charge on any atom is -0.492 e. The number of hydrogen-bond acceptors (Lipinski definition) is 6. The number of alkyl halides is 3. The lowest BCUT2D eigenvalue weighted by Gasteiger charge is -2.29. The van der Waals surface area contributed by atoms with E-state index < -0.39 is 12.1 Å². The van der Waals surface area contributed by atoms with Crippen molar-refractivity contribution in [1.29, 1.82) is 0 Å². The van der Waals surface area contributed by atoms with Gasteiger partial charge in [-0.25, -0.2) is 4.79 Å². The normalized spacial score (nSPS) is 11.2. The smallest absolute Gasteiger partial charge is 0.490 e. The minimum atomic E-state index is -5.08. The maximum Gasteiger partial charge on any atom is 0.490 e. The first-order chi connectivity index (χ1) is 18.6.